The molecule has 1 amide bonds. The quantitative estimate of drug-likeness (QED) is 0.738. The number of anilines is 3. The van der Waals surface area contributed by atoms with Gasteiger partial charge < -0.3 is 10.6 Å². The summed E-state index contributed by atoms with van der Waals surface area (Å²) in [5.41, 5.74) is 1.37. The fraction of sp³-hybridized carbons (Fsp3) is 0. The summed E-state index contributed by atoms with van der Waals surface area (Å²) in [7, 11) is 0. The normalized spacial score (nSPS) is 10.0. The molecule has 0 bridgehead atoms. The van der Waals surface area contributed by atoms with Crippen molar-refractivity contribution in [3.63, 3.8) is 0 Å². The Kier molecular flexibility index (Phi) is 4.85. The molecule has 0 radical (unpaired) electrons. The molecule has 5 nitrogen and oxygen atoms in total. The highest BCUT2D eigenvalue weighted by molar-refractivity contribution is 6.04. The number of carbonyl (C=O) groups is 1. The average Bonchev–Trinajstić information content (AvgIpc) is 2.66. The Morgan fingerprint density at radius 3 is 2.54 bits per heavy atom. The third-order valence-corrected chi connectivity index (χ3v) is 3.51. The topological polar surface area (TPSA) is 77.8 Å². The number of hydrogen-bond donors (Lipinski definition) is 2. The van der Waals surface area contributed by atoms with E-state index in [4.69, 9.17) is 5.26 Å². The highest BCUT2D eigenvalue weighted by atomic mass is 19.2. The smallest absolute Gasteiger partial charge is 0.257 e. The Morgan fingerprint density at radius 1 is 1.04 bits per heavy atom. The van der Waals surface area contributed by atoms with E-state index in [9.17, 15) is 13.6 Å². The van der Waals surface area contributed by atoms with Crippen LogP contribution in [0.3, 0.4) is 0 Å². The molecule has 0 spiro atoms. The van der Waals surface area contributed by atoms with E-state index in [0.29, 0.717) is 22.8 Å². The third kappa shape index (κ3) is 3.82. The summed E-state index contributed by atoms with van der Waals surface area (Å²) >= 11 is 0. The molecule has 7 heteroatoms. The SMILES string of the molecule is N#Cc1ccccc1NC(=O)c1ccc(Nc2ccc(F)c(F)c2)nc1. The number of para-hydroxylation sites is 1. The largest absolute Gasteiger partial charge is 0.340 e. The van der Waals surface area contributed by atoms with E-state index in [1.807, 2.05) is 6.07 Å². The molecule has 3 aromatic rings. The van der Waals surface area contributed by atoms with Crippen molar-refractivity contribution in [3.05, 3.63) is 83.6 Å². The Balaban J connectivity index is 1.71. The van der Waals surface area contributed by atoms with E-state index in [2.05, 4.69) is 15.6 Å². The van der Waals surface area contributed by atoms with E-state index < -0.39 is 17.5 Å². The van der Waals surface area contributed by atoms with Crippen molar-refractivity contribution in [3.8, 4) is 6.07 Å². The third-order valence-electron chi connectivity index (χ3n) is 3.51. The minimum atomic E-state index is -0.970. The van der Waals surface area contributed by atoms with Crippen LogP contribution in [0.5, 0.6) is 0 Å². The molecule has 0 aliphatic carbocycles. The molecule has 0 aliphatic rings. The van der Waals surface area contributed by atoms with Crippen LogP contribution in [0.15, 0.2) is 60.8 Å². The number of carbonyl (C=O) groups excluding carboxylic acids is 1. The van der Waals surface area contributed by atoms with Crippen LogP contribution in [0.25, 0.3) is 0 Å². The van der Waals surface area contributed by atoms with Gasteiger partial charge in [0.2, 0.25) is 0 Å². The molecule has 2 N–H and O–H groups in total. The Labute approximate surface area is 147 Å². The predicted molar refractivity (Wildman–Crippen MR) is 93.0 cm³/mol. The maximum Gasteiger partial charge on any atom is 0.257 e. The van der Waals surface area contributed by atoms with Crippen LogP contribution in [0.1, 0.15) is 15.9 Å². The second kappa shape index (κ2) is 7.40. The molecule has 0 saturated carbocycles. The fourth-order valence-corrected chi connectivity index (χ4v) is 2.21. The number of pyridine rings is 1. The van der Waals surface area contributed by atoms with Crippen molar-refractivity contribution in [2.45, 2.75) is 0 Å². The molecular weight excluding hydrogens is 338 g/mol. The summed E-state index contributed by atoms with van der Waals surface area (Å²) in [4.78, 5) is 16.3. The molecule has 0 atom stereocenters. The number of rotatable bonds is 4. The van der Waals surface area contributed by atoms with E-state index in [1.165, 1.54) is 24.4 Å². The van der Waals surface area contributed by atoms with Crippen molar-refractivity contribution in [2.75, 3.05) is 10.6 Å². The summed E-state index contributed by atoms with van der Waals surface area (Å²) in [5, 5.41) is 14.5. The lowest BCUT2D eigenvalue weighted by Gasteiger charge is -2.08. The standard InChI is InChI=1S/C19H12F2N4O/c20-15-7-6-14(9-16(15)21)24-18-8-5-13(11-23-18)19(26)25-17-4-2-1-3-12(17)10-22/h1-9,11H,(H,23,24)(H,25,26). The maximum absolute atomic E-state index is 13.2. The molecule has 0 aliphatic heterocycles. The van der Waals surface area contributed by atoms with Gasteiger partial charge >= 0.3 is 0 Å². The Morgan fingerprint density at radius 2 is 1.85 bits per heavy atom. The van der Waals surface area contributed by atoms with Crippen molar-refractivity contribution in [1.29, 1.82) is 5.26 Å². The first-order valence-electron chi connectivity index (χ1n) is 7.55. The van der Waals surface area contributed by atoms with E-state index in [1.54, 1.807) is 24.3 Å². The van der Waals surface area contributed by atoms with Crippen molar-refractivity contribution in [2.24, 2.45) is 0 Å². The zero-order chi connectivity index (χ0) is 18.5. The maximum atomic E-state index is 13.2. The van der Waals surface area contributed by atoms with Crippen LogP contribution in [-0.2, 0) is 0 Å². The summed E-state index contributed by atoms with van der Waals surface area (Å²) in [6, 6.07) is 15.1. The summed E-state index contributed by atoms with van der Waals surface area (Å²) < 4.78 is 26.1. The molecule has 2 aromatic carbocycles. The number of aromatic nitrogens is 1. The van der Waals surface area contributed by atoms with E-state index >= 15 is 0 Å². The number of nitrogens with one attached hydrogen (secondary N) is 2. The number of hydrogen-bond acceptors (Lipinski definition) is 4. The fourth-order valence-electron chi connectivity index (χ4n) is 2.21. The van der Waals surface area contributed by atoms with Gasteiger partial charge in [-0.05, 0) is 36.4 Å². The van der Waals surface area contributed by atoms with Crippen LogP contribution in [0.4, 0.5) is 26.0 Å². The van der Waals surface area contributed by atoms with Gasteiger partial charge in [-0.2, -0.15) is 5.26 Å². The van der Waals surface area contributed by atoms with Crippen molar-refractivity contribution < 1.29 is 13.6 Å². The first kappa shape index (κ1) is 17.0. The van der Waals surface area contributed by atoms with Gasteiger partial charge in [-0.3, -0.25) is 4.79 Å². The molecular formula is C19H12F2N4O. The number of benzene rings is 2. The van der Waals surface area contributed by atoms with Crippen molar-refractivity contribution in [1.82, 2.24) is 4.98 Å². The van der Waals surface area contributed by atoms with Crippen LogP contribution in [-0.4, -0.2) is 10.9 Å². The zero-order valence-corrected chi connectivity index (χ0v) is 13.3. The van der Waals surface area contributed by atoms with Gasteiger partial charge in [0.05, 0.1) is 16.8 Å². The monoisotopic (exact) mass is 350 g/mol. The number of nitriles is 1. The van der Waals surface area contributed by atoms with Gasteiger partial charge in [-0.15, -0.1) is 0 Å². The minimum Gasteiger partial charge on any atom is -0.340 e. The molecule has 0 fully saturated rings. The van der Waals surface area contributed by atoms with Gasteiger partial charge in [0.25, 0.3) is 5.91 Å². The molecule has 0 unspecified atom stereocenters. The molecule has 1 aromatic heterocycles. The van der Waals surface area contributed by atoms with Gasteiger partial charge in [0.1, 0.15) is 11.9 Å². The summed E-state index contributed by atoms with van der Waals surface area (Å²) in [5.74, 6) is -1.96. The van der Waals surface area contributed by atoms with Gasteiger partial charge in [-0.25, -0.2) is 13.8 Å². The van der Waals surface area contributed by atoms with Gasteiger partial charge in [-0.1, -0.05) is 12.1 Å². The van der Waals surface area contributed by atoms with E-state index in [-0.39, 0.29) is 5.56 Å². The molecule has 128 valence electrons. The number of amides is 1. The lowest BCUT2D eigenvalue weighted by molar-refractivity contribution is 0.102. The zero-order valence-electron chi connectivity index (χ0n) is 13.3. The number of nitrogens with zero attached hydrogens (tertiary/aromatic N) is 2. The van der Waals surface area contributed by atoms with Crippen LogP contribution < -0.4 is 10.6 Å². The Bertz CT molecular complexity index is 997. The summed E-state index contributed by atoms with van der Waals surface area (Å²) in [6.07, 6.45) is 1.34. The second-order valence-corrected chi connectivity index (χ2v) is 5.30. The highest BCUT2D eigenvalue weighted by Crippen LogP contribution is 2.19. The van der Waals surface area contributed by atoms with E-state index in [0.717, 1.165) is 12.1 Å². The highest BCUT2D eigenvalue weighted by Gasteiger charge is 2.10. The van der Waals surface area contributed by atoms with Crippen molar-refractivity contribution >= 4 is 23.1 Å². The Hall–Kier alpha value is -3.79. The number of halogens is 2. The second-order valence-electron chi connectivity index (χ2n) is 5.30. The summed E-state index contributed by atoms with van der Waals surface area (Å²) in [6.45, 7) is 0. The molecule has 1 heterocycles. The molecule has 26 heavy (non-hydrogen) atoms. The lowest BCUT2D eigenvalue weighted by Crippen LogP contribution is -2.13. The first-order valence-corrected chi connectivity index (χ1v) is 7.55. The van der Waals surface area contributed by atoms with Crippen LogP contribution in [0.2, 0.25) is 0 Å². The minimum absolute atomic E-state index is 0.286. The van der Waals surface area contributed by atoms with Crippen LogP contribution in [0, 0.1) is 23.0 Å². The van der Waals surface area contributed by atoms with Crippen LogP contribution >= 0.6 is 0 Å². The first-order chi connectivity index (χ1) is 12.6. The van der Waals surface area contributed by atoms with Gasteiger partial charge in [0.15, 0.2) is 11.6 Å². The lowest BCUT2D eigenvalue weighted by atomic mass is 10.2. The average molecular weight is 350 g/mol. The molecule has 0 saturated heterocycles. The van der Waals surface area contributed by atoms with Gasteiger partial charge in [0, 0.05) is 18.0 Å². The molecule has 3 rings (SSSR count). The predicted octanol–water partition coefficient (Wildman–Crippen LogP) is 4.23.